The summed E-state index contributed by atoms with van der Waals surface area (Å²) in [6.07, 6.45) is 0.784. The zero-order valence-electron chi connectivity index (χ0n) is 10.3. The highest BCUT2D eigenvalue weighted by atomic mass is 32.2. The van der Waals surface area contributed by atoms with Crippen LogP contribution in [0.25, 0.3) is 0 Å². The third-order valence-corrected chi connectivity index (χ3v) is 3.70. The van der Waals surface area contributed by atoms with Crippen LogP contribution in [0.2, 0.25) is 0 Å². The number of methoxy groups -OCH3 is 1. The summed E-state index contributed by atoms with van der Waals surface area (Å²) < 4.78 is 30.0. The van der Waals surface area contributed by atoms with Crippen LogP contribution >= 0.6 is 0 Å². The van der Waals surface area contributed by atoms with E-state index in [4.69, 9.17) is 0 Å². The van der Waals surface area contributed by atoms with Crippen molar-refractivity contribution in [2.75, 3.05) is 19.4 Å². The van der Waals surface area contributed by atoms with Crippen molar-refractivity contribution in [3.8, 4) is 0 Å². The minimum Gasteiger partial charge on any atom is -0.469 e. The fourth-order valence-corrected chi connectivity index (χ4v) is 2.50. The molecule has 0 aromatic heterocycles. The fraction of sp³-hybridized carbons (Fsp3) is 0.900. The number of sulfonamides is 1. The van der Waals surface area contributed by atoms with Gasteiger partial charge in [0.15, 0.2) is 0 Å². The summed E-state index contributed by atoms with van der Waals surface area (Å²) in [5.41, 5.74) is 0. The van der Waals surface area contributed by atoms with E-state index >= 15 is 0 Å². The van der Waals surface area contributed by atoms with Gasteiger partial charge in [-0.15, -0.1) is 0 Å². The highest BCUT2D eigenvalue weighted by molar-refractivity contribution is 7.89. The molecule has 0 aliphatic rings. The Hall–Kier alpha value is -0.620. The molecule has 0 aromatic rings. The van der Waals surface area contributed by atoms with Crippen molar-refractivity contribution < 1.29 is 17.9 Å². The van der Waals surface area contributed by atoms with Crippen molar-refractivity contribution >= 4 is 16.0 Å². The Labute approximate surface area is 97.6 Å². The Balaban J connectivity index is 4.10. The van der Waals surface area contributed by atoms with E-state index in [9.17, 15) is 13.2 Å². The van der Waals surface area contributed by atoms with Gasteiger partial charge in [0.1, 0.15) is 0 Å². The predicted octanol–water partition coefficient (Wildman–Crippen LogP) is 0.761. The molecule has 0 radical (unpaired) electrons. The second-order valence-electron chi connectivity index (χ2n) is 4.28. The predicted molar refractivity (Wildman–Crippen MR) is 62.4 cm³/mol. The largest absolute Gasteiger partial charge is 0.469 e. The van der Waals surface area contributed by atoms with Crippen molar-refractivity contribution in [1.29, 1.82) is 0 Å². The maximum atomic E-state index is 11.5. The van der Waals surface area contributed by atoms with Crippen LogP contribution in [0.5, 0.6) is 0 Å². The zero-order valence-corrected chi connectivity index (χ0v) is 11.1. The summed E-state index contributed by atoms with van der Waals surface area (Å²) in [6.45, 7) is 5.98. The number of carbonyl (C=O) groups excluding carboxylic acids is 1. The Morgan fingerprint density at radius 2 is 1.88 bits per heavy atom. The lowest BCUT2D eigenvalue weighted by molar-refractivity contribution is -0.144. The Morgan fingerprint density at radius 1 is 1.31 bits per heavy atom. The molecule has 0 aliphatic carbocycles. The SMILES string of the molecule is COC(=O)C(C)CS(=O)(=O)NCCC(C)C. The van der Waals surface area contributed by atoms with Crippen LogP contribution in [0.3, 0.4) is 0 Å². The van der Waals surface area contributed by atoms with Gasteiger partial charge in [0.2, 0.25) is 10.0 Å². The molecule has 0 aromatic carbocycles. The van der Waals surface area contributed by atoms with Crippen molar-refractivity contribution in [3.63, 3.8) is 0 Å². The van der Waals surface area contributed by atoms with E-state index in [1.807, 2.05) is 13.8 Å². The van der Waals surface area contributed by atoms with Gasteiger partial charge in [0.05, 0.1) is 18.8 Å². The average Bonchev–Trinajstić information content (AvgIpc) is 2.14. The van der Waals surface area contributed by atoms with E-state index in [1.165, 1.54) is 14.0 Å². The van der Waals surface area contributed by atoms with E-state index in [2.05, 4.69) is 9.46 Å². The van der Waals surface area contributed by atoms with Gasteiger partial charge >= 0.3 is 5.97 Å². The molecule has 0 amide bonds. The average molecular weight is 251 g/mol. The number of hydrogen-bond donors (Lipinski definition) is 1. The Morgan fingerprint density at radius 3 is 2.31 bits per heavy atom. The minimum absolute atomic E-state index is 0.224. The highest BCUT2D eigenvalue weighted by Gasteiger charge is 2.21. The van der Waals surface area contributed by atoms with Crippen molar-refractivity contribution in [2.24, 2.45) is 11.8 Å². The van der Waals surface area contributed by atoms with Gasteiger partial charge in [-0.25, -0.2) is 13.1 Å². The molecular weight excluding hydrogens is 230 g/mol. The molecule has 5 nitrogen and oxygen atoms in total. The van der Waals surface area contributed by atoms with E-state index in [-0.39, 0.29) is 5.75 Å². The van der Waals surface area contributed by atoms with Gasteiger partial charge in [-0.05, 0) is 12.3 Å². The summed E-state index contributed by atoms with van der Waals surface area (Å²) in [5, 5.41) is 0. The van der Waals surface area contributed by atoms with Gasteiger partial charge in [0.25, 0.3) is 0 Å². The number of carbonyl (C=O) groups is 1. The van der Waals surface area contributed by atoms with Crippen LogP contribution in [0.15, 0.2) is 0 Å². The first kappa shape index (κ1) is 15.4. The molecule has 1 unspecified atom stereocenters. The summed E-state index contributed by atoms with van der Waals surface area (Å²) in [6, 6.07) is 0. The van der Waals surface area contributed by atoms with Crippen LogP contribution in [0.4, 0.5) is 0 Å². The van der Waals surface area contributed by atoms with Crippen LogP contribution in [0.1, 0.15) is 27.2 Å². The van der Waals surface area contributed by atoms with E-state index in [0.29, 0.717) is 12.5 Å². The summed E-state index contributed by atoms with van der Waals surface area (Å²) in [5.74, 6) is -0.922. The Kier molecular flexibility index (Phi) is 6.59. The van der Waals surface area contributed by atoms with Crippen LogP contribution in [-0.4, -0.2) is 33.8 Å². The number of nitrogens with one attached hydrogen (secondary N) is 1. The van der Waals surface area contributed by atoms with E-state index in [1.54, 1.807) is 0 Å². The van der Waals surface area contributed by atoms with Gasteiger partial charge in [-0.2, -0.15) is 0 Å². The number of esters is 1. The highest BCUT2D eigenvalue weighted by Crippen LogP contribution is 2.03. The van der Waals surface area contributed by atoms with Crippen LogP contribution in [-0.2, 0) is 19.6 Å². The lowest BCUT2D eigenvalue weighted by Gasteiger charge is -2.11. The number of hydrogen-bond acceptors (Lipinski definition) is 4. The first-order valence-corrected chi connectivity index (χ1v) is 6.99. The molecule has 6 heteroatoms. The molecule has 0 saturated heterocycles. The molecule has 0 rings (SSSR count). The normalized spacial score (nSPS) is 13.8. The first-order chi connectivity index (χ1) is 7.28. The maximum absolute atomic E-state index is 11.5. The molecule has 96 valence electrons. The molecule has 0 aliphatic heterocycles. The third-order valence-electron chi connectivity index (χ3n) is 2.12. The molecule has 0 heterocycles. The zero-order chi connectivity index (χ0) is 12.8. The second-order valence-corrected chi connectivity index (χ2v) is 6.13. The molecule has 0 bridgehead atoms. The maximum Gasteiger partial charge on any atom is 0.309 e. The van der Waals surface area contributed by atoms with Crippen LogP contribution < -0.4 is 4.72 Å². The van der Waals surface area contributed by atoms with Crippen LogP contribution in [0, 0.1) is 11.8 Å². The summed E-state index contributed by atoms with van der Waals surface area (Å²) in [4.78, 5) is 11.1. The topological polar surface area (TPSA) is 72.5 Å². The lowest BCUT2D eigenvalue weighted by Crippen LogP contribution is -2.33. The van der Waals surface area contributed by atoms with Crippen molar-refractivity contribution in [2.45, 2.75) is 27.2 Å². The molecular formula is C10H21NO4S. The summed E-state index contributed by atoms with van der Waals surface area (Å²) in [7, 11) is -2.13. The van der Waals surface area contributed by atoms with Crippen molar-refractivity contribution in [1.82, 2.24) is 4.72 Å². The standard InChI is InChI=1S/C10H21NO4S/c1-8(2)5-6-11-16(13,14)7-9(3)10(12)15-4/h8-9,11H,5-7H2,1-4H3. The molecule has 1 N–H and O–H groups in total. The van der Waals surface area contributed by atoms with E-state index < -0.39 is 21.9 Å². The minimum atomic E-state index is -3.38. The second kappa shape index (κ2) is 6.85. The van der Waals surface area contributed by atoms with Gasteiger partial charge in [-0.3, -0.25) is 4.79 Å². The number of rotatable bonds is 7. The third kappa shape index (κ3) is 6.79. The lowest BCUT2D eigenvalue weighted by atomic mass is 10.1. The monoisotopic (exact) mass is 251 g/mol. The number of ether oxygens (including phenoxy) is 1. The molecule has 0 spiro atoms. The fourth-order valence-electron chi connectivity index (χ4n) is 1.16. The Bertz CT molecular complexity index is 311. The molecule has 0 saturated carbocycles. The molecule has 16 heavy (non-hydrogen) atoms. The van der Waals surface area contributed by atoms with Crippen molar-refractivity contribution in [3.05, 3.63) is 0 Å². The summed E-state index contributed by atoms with van der Waals surface area (Å²) >= 11 is 0. The quantitative estimate of drug-likeness (QED) is 0.678. The van der Waals surface area contributed by atoms with Gasteiger partial charge in [-0.1, -0.05) is 20.8 Å². The smallest absolute Gasteiger partial charge is 0.309 e. The van der Waals surface area contributed by atoms with E-state index in [0.717, 1.165) is 6.42 Å². The van der Waals surface area contributed by atoms with Gasteiger partial charge < -0.3 is 4.74 Å². The molecule has 1 atom stereocenters. The molecule has 0 fully saturated rings. The van der Waals surface area contributed by atoms with Gasteiger partial charge in [0, 0.05) is 6.54 Å². The first-order valence-electron chi connectivity index (χ1n) is 5.33.